The summed E-state index contributed by atoms with van der Waals surface area (Å²) >= 11 is 0. The Morgan fingerprint density at radius 3 is 2.67 bits per heavy atom. The summed E-state index contributed by atoms with van der Waals surface area (Å²) in [6, 6.07) is 17.7. The van der Waals surface area contributed by atoms with Gasteiger partial charge in [-0.1, -0.05) is 43.9 Å². The monoisotopic (exact) mass is 624 g/mol. The second kappa shape index (κ2) is 12.5. The van der Waals surface area contributed by atoms with Gasteiger partial charge in [0.25, 0.3) is 5.56 Å². The quantitative estimate of drug-likeness (QED) is 0.0935. The summed E-state index contributed by atoms with van der Waals surface area (Å²) in [5.74, 6) is -2.34. The first-order valence-electron chi connectivity index (χ1n) is 15.0. The highest BCUT2D eigenvalue weighted by Gasteiger charge is 2.22. The van der Waals surface area contributed by atoms with E-state index in [1.807, 2.05) is 18.2 Å². The van der Waals surface area contributed by atoms with Gasteiger partial charge in [-0.05, 0) is 65.2 Å². The number of hydrogen-bond acceptors (Lipinski definition) is 5. The first kappa shape index (κ1) is 30.5. The van der Waals surface area contributed by atoms with Gasteiger partial charge in [0.2, 0.25) is 0 Å². The van der Waals surface area contributed by atoms with Crippen LogP contribution in [0.3, 0.4) is 0 Å². The van der Waals surface area contributed by atoms with E-state index >= 15 is 0 Å². The van der Waals surface area contributed by atoms with E-state index in [0.717, 1.165) is 57.9 Å². The second-order valence-electron chi connectivity index (χ2n) is 12.5. The molecule has 0 saturated heterocycles. The van der Waals surface area contributed by atoms with Crippen LogP contribution in [-0.4, -0.2) is 39.8 Å². The van der Waals surface area contributed by atoms with Crippen molar-refractivity contribution in [1.82, 2.24) is 19.3 Å². The molecule has 5 aromatic rings. The third kappa shape index (κ3) is 6.62. The van der Waals surface area contributed by atoms with Crippen LogP contribution in [0.1, 0.15) is 38.4 Å². The number of Topliss-reactive ketones (excluding diaryl/α,β-unsaturated/α-hetero) is 1. The minimum absolute atomic E-state index is 0.00171. The molecule has 0 N–H and O–H groups in total. The maximum Gasteiger partial charge on any atom is 0.261 e. The lowest BCUT2D eigenvalue weighted by Gasteiger charge is -2.15. The molecule has 0 atom stereocenters. The fourth-order valence-electron chi connectivity index (χ4n) is 5.56. The van der Waals surface area contributed by atoms with Crippen LogP contribution >= 0.6 is 0 Å². The number of nitrogens with zero attached hydrogens (tertiary/aromatic N) is 4. The van der Waals surface area contributed by atoms with Crippen LogP contribution in [0.25, 0.3) is 16.5 Å². The fourth-order valence-corrected chi connectivity index (χ4v) is 6.31. The molecule has 0 amide bonds. The zero-order chi connectivity index (χ0) is 31.7. The third-order valence-corrected chi connectivity index (χ3v) is 9.72. The molecule has 0 saturated carbocycles. The van der Waals surface area contributed by atoms with E-state index in [9.17, 15) is 18.4 Å². The molecule has 10 heteroatoms. The molecule has 0 unspecified atom stereocenters. The summed E-state index contributed by atoms with van der Waals surface area (Å²) < 4.78 is 36.3. The number of carbonyl (C=O) groups excluding carboxylic acids is 1. The smallest absolute Gasteiger partial charge is 0.261 e. The highest BCUT2D eigenvalue weighted by Crippen LogP contribution is 2.34. The minimum Gasteiger partial charge on any atom is -0.360 e. The van der Waals surface area contributed by atoms with Gasteiger partial charge in [0.15, 0.2) is 17.4 Å². The van der Waals surface area contributed by atoms with Gasteiger partial charge in [0.05, 0.1) is 35.4 Å². The molecule has 0 aliphatic heterocycles. The van der Waals surface area contributed by atoms with Crippen molar-refractivity contribution >= 4 is 30.3 Å². The van der Waals surface area contributed by atoms with Crippen molar-refractivity contribution in [3.8, 4) is 0 Å². The van der Waals surface area contributed by atoms with Gasteiger partial charge in [0, 0.05) is 44.4 Å². The minimum atomic E-state index is -1.27. The largest absolute Gasteiger partial charge is 0.360 e. The van der Waals surface area contributed by atoms with E-state index in [4.69, 9.17) is 9.84 Å². The predicted octanol–water partition coefficient (Wildman–Crippen LogP) is 6.65. The summed E-state index contributed by atoms with van der Waals surface area (Å²) in [4.78, 5) is 31.5. The number of ether oxygens (including phenoxy) is 1. The molecule has 2 aromatic carbocycles. The van der Waals surface area contributed by atoms with Crippen LogP contribution < -0.4 is 5.56 Å². The molecule has 6 rings (SSSR count). The molecule has 0 radical (unpaired) electrons. The third-order valence-electron chi connectivity index (χ3n) is 8.01. The fraction of sp³-hybridized carbons (Fsp3) is 0.257. The van der Waals surface area contributed by atoms with Crippen LogP contribution in [-0.2, 0) is 30.9 Å². The highest BCUT2D eigenvalue weighted by molar-refractivity contribution is 6.76. The molecule has 1 aliphatic rings. The van der Waals surface area contributed by atoms with E-state index in [1.165, 1.54) is 22.9 Å². The average Bonchev–Trinajstić information content (AvgIpc) is 3.59. The number of fused-ring (bicyclic) bond motifs is 2. The highest BCUT2D eigenvalue weighted by atomic mass is 28.3. The molecule has 0 bridgehead atoms. The number of allylic oxidation sites excluding steroid dienone is 1. The van der Waals surface area contributed by atoms with E-state index in [0.29, 0.717) is 17.9 Å². The Balaban J connectivity index is 1.31. The summed E-state index contributed by atoms with van der Waals surface area (Å²) in [6.45, 7) is 7.76. The van der Waals surface area contributed by atoms with Gasteiger partial charge in [-0.2, -0.15) is 5.10 Å². The summed E-state index contributed by atoms with van der Waals surface area (Å²) in [5, 5.41) is 5.61. The second-order valence-corrected chi connectivity index (χ2v) is 18.2. The van der Waals surface area contributed by atoms with Gasteiger partial charge < -0.3 is 9.30 Å². The Labute approximate surface area is 260 Å². The van der Waals surface area contributed by atoms with Crippen molar-refractivity contribution in [2.45, 2.75) is 51.8 Å². The lowest BCUT2D eigenvalue weighted by molar-refractivity contribution is 0.0811. The summed E-state index contributed by atoms with van der Waals surface area (Å²) in [7, 11) is -1.27. The molecule has 45 heavy (non-hydrogen) atoms. The number of aromatic nitrogens is 4. The number of benzene rings is 2. The molecule has 7 nitrogen and oxygen atoms in total. The Kier molecular flexibility index (Phi) is 8.43. The molecule has 0 fully saturated rings. The topological polar surface area (TPSA) is 79.0 Å². The lowest BCUT2D eigenvalue weighted by Crippen LogP contribution is -2.27. The molecule has 3 heterocycles. The van der Waals surface area contributed by atoms with Crippen molar-refractivity contribution in [2.24, 2.45) is 0 Å². The first-order valence-corrected chi connectivity index (χ1v) is 18.7. The number of carbonyl (C=O) groups is 1. The van der Waals surface area contributed by atoms with E-state index in [-0.39, 0.29) is 31.0 Å². The van der Waals surface area contributed by atoms with Crippen molar-refractivity contribution in [2.75, 3.05) is 6.61 Å². The van der Waals surface area contributed by atoms with Crippen LogP contribution in [0.4, 0.5) is 8.78 Å². The molecule has 0 spiro atoms. The maximum absolute atomic E-state index is 13.8. The number of hydrogen-bond donors (Lipinski definition) is 0. The molecule has 230 valence electrons. The normalized spacial score (nSPS) is 12.9. The Morgan fingerprint density at radius 2 is 1.87 bits per heavy atom. The Bertz CT molecular complexity index is 2010. The van der Waals surface area contributed by atoms with Crippen molar-refractivity contribution in [1.29, 1.82) is 0 Å². The van der Waals surface area contributed by atoms with Gasteiger partial charge in [-0.15, -0.1) is 0 Å². The molecule has 1 aliphatic carbocycles. The number of halogens is 2. The molecule has 3 aromatic heterocycles. The average molecular weight is 625 g/mol. The van der Waals surface area contributed by atoms with Crippen LogP contribution in [0.2, 0.25) is 25.7 Å². The van der Waals surface area contributed by atoms with Crippen molar-refractivity contribution in [3.63, 3.8) is 0 Å². The summed E-state index contributed by atoms with van der Waals surface area (Å²) in [6.07, 6.45) is 6.14. The van der Waals surface area contributed by atoms with Crippen LogP contribution in [0.15, 0.2) is 83.9 Å². The number of ketones is 1. The predicted molar refractivity (Wildman–Crippen MR) is 173 cm³/mol. The van der Waals surface area contributed by atoms with Crippen molar-refractivity contribution < 1.29 is 18.3 Å². The molecular formula is C35H34F2N4O3Si. The number of rotatable bonds is 11. The van der Waals surface area contributed by atoms with Crippen LogP contribution in [0.5, 0.6) is 0 Å². The summed E-state index contributed by atoms with van der Waals surface area (Å²) in [5.41, 5.74) is 5.48. The number of pyridine rings is 2. The first-order chi connectivity index (χ1) is 21.6. The standard InChI is InChI=1S/C35H34F2N4O3Si/c1-45(2,3)17-16-44-22-41-33-13-9-24(25-10-12-31-26(25)6-4-14-38-31)19-28(33)32(39-41)20-34(42)27-7-5-15-40(35(27)43)21-23-8-11-29(36)30(37)18-23/h4-11,13-15,18-19H,12,16-17,20-22H2,1-3H3. The van der Waals surface area contributed by atoms with Crippen LogP contribution in [0, 0.1) is 11.6 Å². The van der Waals surface area contributed by atoms with Gasteiger partial charge in [-0.25, -0.2) is 13.5 Å². The van der Waals surface area contributed by atoms with E-state index < -0.39 is 25.3 Å². The van der Waals surface area contributed by atoms with E-state index in [1.54, 1.807) is 16.9 Å². The SMILES string of the molecule is C[Si](C)(C)CCOCn1nc(CC(=O)c2cccn(Cc3ccc(F)c(F)c3)c2=O)c2cc(C3=CCc4ncccc43)ccc21. The van der Waals surface area contributed by atoms with Gasteiger partial charge in [-0.3, -0.25) is 14.6 Å². The van der Waals surface area contributed by atoms with Gasteiger partial charge in [0.1, 0.15) is 6.73 Å². The maximum atomic E-state index is 13.8. The van der Waals surface area contributed by atoms with E-state index in [2.05, 4.69) is 42.8 Å². The lowest BCUT2D eigenvalue weighted by atomic mass is 9.98. The zero-order valence-corrected chi connectivity index (χ0v) is 26.5. The Hall–Kier alpha value is -4.54. The van der Waals surface area contributed by atoms with Crippen molar-refractivity contribution in [3.05, 3.63) is 135 Å². The Morgan fingerprint density at radius 1 is 1.02 bits per heavy atom. The zero-order valence-electron chi connectivity index (χ0n) is 25.5. The molecular weight excluding hydrogens is 590 g/mol. The van der Waals surface area contributed by atoms with Gasteiger partial charge >= 0.3 is 0 Å².